The first-order valence-electron chi connectivity index (χ1n) is 5.86. The SMILES string of the molecule is N#Cc1cc(F)ccc1CN1CCOC(CO)C1. The average Bonchev–Trinajstić information content (AvgIpc) is 2.41. The van der Waals surface area contributed by atoms with Crippen LogP contribution in [0.25, 0.3) is 0 Å². The number of nitriles is 1. The molecular weight excluding hydrogens is 235 g/mol. The molecule has 4 nitrogen and oxygen atoms in total. The van der Waals surface area contributed by atoms with Crippen LogP contribution in [0.1, 0.15) is 11.1 Å². The first-order valence-corrected chi connectivity index (χ1v) is 5.86. The van der Waals surface area contributed by atoms with Gasteiger partial charge in [0.25, 0.3) is 0 Å². The molecule has 1 heterocycles. The van der Waals surface area contributed by atoms with Crippen molar-refractivity contribution < 1.29 is 14.2 Å². The topological polar surface area (TPSA) is 56.5 Å². The number of hydrogen-bond acceptors (Lipinski definition) is 4. The lowest BCUT2D eigenvalue weighted by atomic mass is 10.1. The smallest absolute Gasteiger partial charge is 0.124 e. The quantitative estimate of drug-likeness (QED) is 0.865. The Balaban J connectivity index is 2.07. The van der Waals surface area contributed by atoms with Gasteiger partial charge in [0, 0.05) is 19.6 Å². The molecule has 0 radical (unpaired) electrons. The molecule has 0 aliphatic carbocycles. The lowest BCUT2D eigenvalue weighted by Crippen LogP contribution is -2.43. The average molecular weight is 250 g/mol. The largest absolute Gasteiger partial charge is 0.394 e. The monoisotopic (exact) mass is 250 g/mol. The molecule has 0 spiro atoms. The fraction of sp³-hybridized carbons (Fsp3) is 0.462. The van der Waals surface area contributed by atoms with E-state index in [-0.39, 0.29) is 12.7 Å². The van der Waals surface area contributed by atoms with Crippen molar-refractivity contribution in [3.05, 3.63) is 35.1 Å². The van der Waals surface area contributed by atoms with Crippen LogP contribution < -0.4 is 0 Å². The predicted molar refractivity (Wildman–Crippen MR) is 63.2 cm³/mol. The molecular formula is C13H15FN2O2. The Morgan fingerprint density at radius 1 is 1.56 bits per heavy atom. The fourth-order valence-electron chi connectivity index (χ4n) is 2.07. The molecule has 1 fully saturated rings. The highest BCUT2D eigenvalue weighted by atomic mass is 19.1. The van der Waals surface area contributed by atoms with Crippen LogP contribution in [0.4, 0.5) is 4.39 Å². The summed E-state index contributed by atoms with van der Waals surface area (Å²) < 4.78 is 18.4. The predicted octanol–water partition coefficient (Wildman–Crippen LogP) is 0.890. The Hall–Kier alpha value is -1.48. The van der Waals surface area contributed by atoms with Gasteiger partial charge in [-0.3, -0.25) is 4.90 Å². The van der Waals surface area contributed by atoms with Gasteiger partial charge in [0.15, 0.2) is 0 Å². The van der Waals surface area contributed by atoms with E-state index in [9.17, 15) is 4.39 Å². The van der Waals surface area contributed by atoms with Gasteiger partial charge >= 0.3 is 0 Å². The van der Waals surface area contributed by atoms with Crippen molar-refractivity contribution in [3.8, 4) is 6.07 Å². The summed E-state index contributed by atoms with van der Waals surface area (Å²) in [5.74, 6) is -0.398. The number of benzene rings is 1. The van der Waals surface area contributed by atoms with Crippen LogP contribution in [0.5, 0.6) is 0 Å². The zero-order valence-electron chi connectivity index (χ0n) is 9.97. The van der Waals surface area contributed by atoms with Crippen molar-refractivity contribution in [3.63, 3.8) is 0 Å². The summed E-state index contributed by atoms with van der Waals surface area (Å²) >= 11 is 0. The zero-order chi connectivity index (χ0) is 13.0. The molecule has 1 saturated heterocycles. The Bertz CT molecular complexity index is 459. The molecule has 0 amide bonds. The second-order valence-corrected chi connectivity index (χ2v) is 4.32. The van der Waals surface area contributed by atoms with E-state index in [1.165, 1.54) is 12.1 Å². The Morgan fingerprint density at radius 2 is 2.39 bits per heavy atom. The summed E-state index contributed by atoms with van der Waals surface area (Å²) in [6.07, 6.45) is -0.176. The van der Waals surface area contributed by atoms with Gasteiger partial charge in [-0.15, -0.1) is 0 Å². The number of aliphatic hydroxyl groups is 1. The highest BCUT2D eigenvalue weighted by Gasteiger charge is 2.20. The zero-order valence-corrected chi connectivity index (χ0v) is 9.97. The van der Waals surface area contributed by atoms with E-state index in [1.54, 1.807) is 6.07 Å². The summed E-state index contributed by atoms with van der Waals surface area (Å²) in [4.78, 5) is 2.10. The number of nitrogens with zero attached hydrogens (tertiary/aromatic N) is 2. The van der Waals surface area contributed by atoms with Gasteiger partial charge in [0.2, 0.25) is 0 Å². The summed E-state index contributed by atoms with van der Waals surface area (Å²) in [5, 5.41) is 18.0. The molecule has 96 valence electrons. The van der Waals surface area contributed by atoms with Gasteiger partial charge in [0.1, 0.15) is 5.82 Å². The Labute approximate surface area is 105 Å². The third-order valence-electron chi connectivity index (χ3n) is 3.01. The second-order valence-electron chi connectivity index (χ2n) is 4.32. The van der Waals surface area contributed by atoms with Gasteiger partial charge in [-0.25, -0.2) is 4.39 Å². The van der Waals surface area contributed by atoms with E-state index in [0.29, 0.717) is 25.3 Å². The molecule has 0 saturated carbocycles. The van der Waals surface area contributed by atoms with Crippen LogP contribution in [0.15, 0.2) is 18.2 Å². The normalized spacial score (nSPS) is 20.6. The summed E-state index contributed by atoms with van der Waals surface area (Å²) in [7, 11) is 0. The first kappa shape index (κ1) is 13.0. The minimum absolute atomic E-state index is 0.00890. The maximum atomic E-state index is 13.0. The van der Waals surface area contributed by atoms with E-state index in [1.807, 2.05) is 6.07 Å². The standard InChI is InChI=1S/C13H15FN2O2/c14-12-2-1-10(11(5-12)6-15)7-16-3-4-18-13(8-16)9-17/h1-2,5,13,17H,3-4,7-9H2. The molecule has 1 aromatic carbocycles. The highest BCUT2D eigenvalue weighted by molar-refractivity contribution is 5.37. The third kappa shape index (κ3) is 3.05. The van der Waals surface area contributed by atoms with Crippen LogP contribution in [0.2, 0.25) is 0 Å². The van der Waals surface area contributed by atoms with Crippen LogP contribution in [0.3, 0.4) is 0 Å². The van der Waals surface area contributed by atoms with Gasteiger partial charge < -0.3 is 9.84 Å². The molecule has 5 heteroatoms. The number of halogens is 1. The molecule has 1 aromatic rings. The molecule has 1 N–H and O–H groups in total. The number of morpholine rings is 1. The minimum Gasteiger partial charge on any atom is -0.394 e. The van der Waals surface area contributed by atoms with Crippen molar-refractivity contribution in [1.82, 2.24) is 4.90 Å². The minimum atomic E-state index is -0.398. The Kier molecular flexibility index (Phi) is 4.26. The van der Waals surface area contributed by atoms with Crippen molar-refractivity contribution >= 4 is 0 Å². The number of rotatable bonds is 3. The summed E-state index contributed by atoms with van der Waals surface area (Å²) in [5.41, 5.74) is 1.17. The van der Waals surface area contributed by atoms with Gasteiger partial charge in [-0.1, -0.05) is 6.07 Å². The molecule has 1 unspecified atom stereocenters. The highest BCUT2D eigenvalue weighted by Crippen LogP contribution is 2.15. The van der Waals surface area contributed by atoms with E-state index >= 15 is 0 Å². The van der Waals surface area contributed by atoms with Crippen molar-refractivity contribution in [1.29, 1.82) is 5.26 Å². The molecule has 0 bridgehead atoms. The van der Waals surface area contributed by atoms with E-state index in [0.717, 1.165) is 12.1 Å². The van der Waals surface area contributed by atoms with Crippen molar-refractivity contribution in [2.45, 2.75) is 12.6 Å². The van der Waals surface area contributed by atoms with Gasteiger partial charge in [-0.05, 0) is 17.7 Å². The van der Waals surface area contributed by atoms with Crippen LogP contribution in [-0.4, -0.2) is 42.4 Å². The summed E-state index contributed by atoms with van der Waals surface area (Å²) in [6, 6.07) is 6.25. The van der Waals surface area contributed by atoms with E-state index in [2.05, 4.69) is 4.90 Å². The molecule has 2 rings (SSSR count). The third-order valence-corrected chi connectivity index (χ3v) is 3.01. The van der Waals surface area contributed by atoms with E-state index < -0.39 is 5.82 Å². The second kappa shape index (κ2) is 5.91. The molecule has 1 aliphatic rings. The number of ether oxygens (including phenoxy) is 1. The van der Waals surface area contributed by atoms with Crippen LogP contribution in [-0.2, 0) is 11.3 Å². The molecule has 1 atom stereocenters. The van der Waals surface area contributed by atoms with Crippen molar-refractivity contribution in [2.24, 2.45) is 0 Å². The Morgan fingerprint density at radius 3 is 3.11 bits per heavy atom. The fourth-order valence-corrected chi connectivity index (χ4v) is 2.07. The maximum absolute atomic E-state index is 13.0. The van der Waals surface area contributed by atoms with Crippen LogP contribution in [0, 0.1) is 17.1 Å². The summed E-state index contributed by atoms with van der Waals surface area (Å²) in [6.45, 7) is 2.50. The maximum Gasteiger partial charge on any atom is 0.124 e. The lowest BCUT2D eigenvalue weighted by molar-refractivity contribution is -0.0551. The molecule has 0 aromatic heterocycles. The van der Waals surface area contributed by atoms with Crippen LogP contribution >= 0.6 is 0 Å². The van der Waals surface area contributed by atoms with Gasteiger partial charge in [0.05, 0.1) is 31.0 Å². The number of aliphatic hydroxyl groups excluding tert-OH is 1. The first-order chi connectivity index (χ1) is 8.72. The number of hydrogen-bond donors (Lipinski definition) is 1. The van der Waals surface area contributed by atoms with Gasteiger partial charge in [-0.2, -0.15) is 5.26 Å². The molecule has 1 aliphatic heterocycles. The molecule has 18 heavy (non-hydrogen) atoms. The van der Waals surface area contributed by atoms with Crippen molar-refractivity contribution in [2.75, 3.05) is 26.3 Å². The lowest BCUT2D eigenvalue weighted by Gasteiger charge is -2.32. The van der Waals surface area contributed by atoms with E-state index in [4.69, 9.17) is 15.1 Å².